The molecule has 3 rings (SSSR count). The number of aromatic nitrogens is 3. The summed E-state index contributed by atoms with van der Waals surface area (Å²) in [6.45, 7) is 4.86. The van der Waals surface area contributed by atoms with Gasteiger partial charge in [0.25, 0.3) is 0 Å². The van der Waals surface area contributed by atoms with Crippen LogP contribution in [0, 0.1) is 5.82 Å². The largest absolute Gasteiger partial charge is 0.481 e. The lowest BCUT2D eigenvalue weighted by Crippen LogP contribution is -2.27. The number of ether oxygens (including phenoxy) is 1. The highest BCUT2D eigenvalue weighted by molar-refractivity contribution is 7.09. The number of nitrogens with zero attached hydrogens (tertiary/aromatic N) is 3. The number of benzene rings is 1. The van der Waals surface area contributed by atoms with Gasteiger partial charge in [-0.2, -0.15) is 9.36 Å². The van der Waals surface area contributed by atoms with Crippen molar-refractivity contribution in [1.82, 2.24) is 14.3 Å². The molecule has 0 saturated heterocycles. The van der Waals surface area contributed by atoms with Crippen LogP contribution in [-0.2, 0) is 5.41 Å². The maximum Gasteiger partial charge on any atom is 0.212 e. The molecule has 0 unspecified atom stereocenters. The third kappa shape index (κ3) is 4.11. The van der Waals surface area contributed by atoms with Crippen molar-refractivity contribution >= 4 is 16.7 Å². The van der Waals surface area contributed by atoms with Crippen molar-refractivity contribution in [2.45, 2.75) is 19.3 Å². The minimum atomic E-state index is -0.227. The van der Waals surface area contributed by atoms with E-state index in [0.717, 1.165) is 16.3 Å². The second-order valence-electron chi connectivity index (χ2n) is 6.26. The molecule has 2 aromatic heterocycles. The Morgan fingerprint density at radius 3 is 2.56 bits per heavy atom. The molecule has 0 atom stereocenters. The van der Waals surface area contributed by atoms with Gasteiger partial charge in [-0.15, -0.1) is 0 Å². The predicted octanol–water partition coefficient (Wildman–Crippen LogP) is 4.14. The van der Waals surface area contributed by atoms with Crippen LogP contribution in [0.25, 0.3) is 11.4 Å². The summed E-state index contributed by atoms with van der Waals surface area (Å²) in [6, 6.07) is 10.2. The molecule has 3 aromatic rings. The molecule has 7 heteroatoms. The highest BCUT2D eigenvalue weighted by Crippen LogP contribution is 2.26. The van der Waals surface area contributed by atoms with Crippen LogP contribution in [0.3, 0.4) is 0 Å². The van der Waals surface area contributed by atoms with E-state index in [2.05, 4.69) is 33.5 Å². The van der Waals surface area contributed by atoms with E-state index in [0.29, 0.717) is 18.2 Å². The van der Waals surface area contributed by atoms with Crippen molar-refractivity contribution in [3.8, 4) is 17.3 Å². The van der Waals surface area contributed by atoms with Gasteiger partial charge in [-0.3, -0.25) is 0 Å². The van der Waals surface area contributed by atoms with E-state index in [9.17, 15) is 4.39 Å². The summed E-state index contributed by atoms with van der Waals surface area (Å²) in [7, 11) is 1.58. The lowest BCUT2D eigenvalue weighted by Gasteiger charge is -2.25. The van der Waals surface area contributed by atoms with Gasteiger partial charge in [-0.25, -0.2) is 9.37 Å². The predicted molar refractivity (Wildman–Crippen MR) is 97.6 cm³/mol. The molecular weight excluding hydrogens is 339 g/mol. The van der Waals surface area contributed by atoms with Gasteiger partial charge in [-0.05, 0) is 23.8 Å². The van der Waals surface area contributed by atoms with Gasteiger partial charge in [-0.1, -0.05) is 26.0 Å². The van der Waals surface area contributed by atoms with Crippen molar-refractivity contribution in [3.05, 3.63) is 54.0 Å². The first-order chi connectivity index (χ1) is 12.0. The average molecular weight is 358 g/mol. The monoisotopic (exact) mass is 358 g/mol. The summed E-state index contributed by atoms with van der Waals surface area (Å²) < 4.78 is 22.5. The SMILES string of the molecule is COc1ccc(-c2nsc(NCC(C)(C)c3ccc(F)cc3)n2)cn1. The summed E-state index contributed by atoms with van der Waals surface area (Å²) in [5, 5.41) is 4.05. The number of anilines is 1. The maximum absolute atomic E-state index is 13.1. The van der Waals surface area contributed by atoms with Crippen molar-refractivity contribution in [2.75, 3.05) is 19.0 Å². The molecular formula is C18H19FN4OS. The lowest BCUT2D eigenvalue weighted by atomic mass is 9.85. The molecule has 5 nitrogen and oxygen atoms in total. The van der Waals surface area contributed by atoms with Crippen molar-refractivity contribution < 1.29 is 9.13 Å². The lowest BCUT2D eigenvalue weighted by molar-refractivity contribution is 0.398. The van der Waals surface area contributed by atoms with Crippen molar-refractivity contribution in [1.29, 1.82) is 0 Å². The van der Waals surface area contributed by atoms with E-state index in [1.165, 1.54) is 23.7 Å². The van der Waals surface area contributed by atoms with E-state index < -0.39 is 0 Å². The van der Waals surface area contributed by atoms with Crippen LogP contribution in [0.5, 0.6) is 5.88 Å². The molecule has 130 valence electrons. The van der Waals surface area contributed by atoms with Gasteiger partial charge in [0, 0.05) is 41.3 Å². The first-order valence-electron chi connectivity index (χ1n) is 7.82. The van der Waals surface area contributed by atoms with E-state index in [-0.39, 0.29) is 11.2 Å². The van der Waals surface area contributed by atoms with Gasteiger partial charge in [0.05, 0.1) is 7.11 Å². The molecule has 25 heavy (non-hydrogen) atoms. The summed E-state index contributed by atoms with van der Waals surface area (Å²) in [5.74, 6) is 0.954. The Balaban J connectivity index is 1.67. The molecule has 0 aliphatic carbocycles. The molecule has 0 spiro atoms. The van der Waals surface area contributed by atoms with Crippen LogP contribution in [0.15, 0.2) is 42.6 Å². The second-order valence-corrected chi connectivity index (χ2v) is 7.01. The summed E-state index contributed by atoms with van der Waals surface area (Å²) in [4.78, 5) is 8.67. The maximum atomic E-state index is 13.1. The third-order valence-electron chi connectivity index (χ3n) is 3.94. The van der Waals surface area contributed by atoms with Crippen LogP contribution in [0.2, 0.25) is 0 Å². The zero-order valence-corrected chi connectivity index (χ0v) is 15.1. The Morgan fingerprint density at radius 2 is 1.92 bits per heavy atom. The topological polar surface area (TPSA) is 59.9 Å². The molecule has 0 amide bonds. The van der Waals surface area contributed by atoms with Crippen LogP contribution >= 0.6 is 11.5 Å². The summed E-state index contributed by atoms with van der Waals surface area (Å²) in [5.41, 5.74) is 1.73. The van der Waals surface area contributed by atoms with Gasteiger partial charge in [0.15, 0.2) is 5.82 Å². The molecule has 0 saturated carbocycles. The smallest absolute Gasteiger partial charge is 0.212 e. The van der Waals surface area contributed by atoms with Crippen LogP contribution < -0.4 is 10.1 Å². The Bertz CT molecular complexity index is 831. The van der Waals surface area contributed by atoms with Gasteiger partial charge in [0.1, 0.15) is 5.82 Å². The fraction of sp³-hybridized carbons (Fsp3) is 0.278. The van der Waals surface area contributed by atoms with Gasteiger partial charge >= 0.3 is 0 Å². The quantitative estimate of drug-likeness (QED) is 0.718. The standard InChI is InChI=1S/C18H19FN4OS/c1-18(2,13-5-7-14(19)8-6-13)11-21-17-22-16(23-25-17)12-4-9-15(24-3)20-10-12/h4-10H,11H2,1-3H3,(H,21,22,23). The Hall–Kier alpha value is -2.54. The van der Waals surface area contributed by atoms with Crippen molar-refractivity contribution in [3.63, 3.8) is 0 Å². The third-order valence-corrected chi connectivity index (χ3v) is 4.61. The van der Waals surface area contributed by atoms with E-state index in [1.54, 1.807) is 19.4 Å². The highest BCUT2D eigenvalue weighted by atomic mass is 32.1. The number of nitrogens with one attached hydrogen (secondary N) is 1. The number of hydrogen-bond donors (Lipinski definition) is 1. The molecule has 0 bridgehead atoms. The molecule has 0 fully saturated rings. The van der Waals surface area contributed by atoms with Gasteiger partial charge in [0.2, 0.25) is 11.0 Å². The Kier molecular flexibility index (Phi) is 4.94. The highest BCUT2D eigenvalue weighted by Gasteiger charge is 2.21. The molecule has 2 heterocycles. The normalized spacial score (nSPS) is 11.4. The first kappa shape index (κ1) is 17.3. The van der Waals surface area contributed by atoms with E-state index in [4.69, 9.17) is 4.74 Å². The molecule has 1 N–H and O–H groups in total. The fourth-order valence-corrected chi connectivity index (χ4v) is 2.93. The Labute approximate surface area is 150 Å². The van der Waals surface area contributed by atoms with E-state index in [1.807, 2.05) is 18.2 Å². The number of halogens is 1. The summed E-state index contributed by atoms with van der Waals surface area (Å²) in [6.07, 6.45) is 1.69. The zero-order chi connectivity index (χ0) is 17.9. The first-order valence-corrected chi connectivity index (χ1v) is 8.59. The molecule has 1 aromatic carbocycles. The number of hydrogen-bond acceptors (Lipinski definition) is 6. The number of pyridine rings is 1. The minimum absolute atomic E-state index is 0.165. The zero-order valence-electron chi connectivity index (χ0n) is 14.3. The Morgan fingerprint density at radius 1 is 1.16 bits per heavy atom. The molecule has 0 radical (unpaired) electrons. The van der Waals surface area contributed by atoms with Crippen LogP contribution in [-0.4, -0.2) is 28.0 Å². The van der Waals surface area contributed by atoms with Crippen LogP contribution in [0.4, 0.5) is 9.52 Å². The van der Waals surface area contributed by atoms with E-state index >= 15 is 0 Å². The fourth-order valence-electron chi connectivity index (χ4n) is 2.35. The minimum Gasteiger partial charge on any atom is -0.481 e. The van der Waals surface area contributed by atoms with Gasteiger partial charge < -0.3 is 10.1 Å². The number of rotatable bonds is 6. The molecule has 0 aliphatic rings. The summed E-state index contributed by atoms with van der Waals surface area (Å²) >= 11 is 1.30. The second kappa shape index (κ2) is 7.14. The average Bonchev–Trinajstić information content (AvgIpc) is 3.10. The van der Waals surface area contributed by atoms with Crippen LogP contribution in [0.1, 0.15) is 19.4 Å². The number of methoxy groups -OCH3 is 1. The van der Waals surface area contributed by atoms with Crippen molar-refractivity contribution in [2.24, 2.45) is 0 Å². The molecule has 0 aliphatic heterocycles.